The van der Waals surface area contributed by atoms with Crippen LogP contribution in [0.5, 0.6) is 0 Å². The Balaban J connectivity index is 2.97. The largest absolute Gasteiger partial charge is 0.312 e. The Kier molecular flexibility index (Phi) is 2.95. The van der Waals surface area contributed by atoms with E-state index in [1.165, 1.54) is 6.07 Å². The number of halogens is 2. The lowest BCUT2D eigenvalue weighted by Crippen LogP contribution is -2.27. The minimum atomic E-state index is -0.866. The van der Waals surface area contributed by atoms with E-state index in [1.54, 1.807) is 19.0 Å². The predicted octanol–water partition coefficient (Wildman–Crippen LogP) is 1.48. The molecule has 1 aromatic rings. The van der Waals surface area contributed by atoms with Crippen LogP contribution in [0.4, 0.5) is 8.78 Å². The summed E-state index contributed by atoms with van der Waals surface area (Å²) in [4.78, 5) is 1.71. The van der Waals surface area contributed by atoms with E-state index >= 15 is 0 Å². The lowest BCUT2D eigenvalue weighted by atomic mass is 10.1. The zero-order valence-electron chi connectivity index (χ0n) is 7.59. The van der Waals surface area contributed by atoms with Crippen molar-refractivity contribution in [1.29, 1.82) is 0 Å². The maximum atomic E-state index is 12.8. The van der Waals surface area contributed by atoms with Crippen molar-refractivity contribution in [3.63, 3.8) is 0 Å². The van der Waals surface area contributed by atoms with Crippen LogP contribution in [0.2, 0.25) is 0 Å². The second-order valence-corrected chi connectivity index (χ2v) is 3.08. The van der Waals surface area contributed by atoms with Crippen molar-refractivity contribution < 1.29 is 8.78 Å². The van der Waals surface area contributed by atoms with Crippen molar-refractivity contribution >= 4 is 0 Å². The molecule has 1 aromatic carbocycles. The molecule has 72 valence electrons. The van der Waals surface area contributed by atoms with Gasteiger partial charge in [-0.3, -0.25) is 4.90 Å². The minimum Gasteiger partial charge on any atom is -0.312 e. The number of rotatable bonds is 2. The van der Waals surface area contributed by atoms with E-state index in [1.807, 2.05) is 0 Å². The van der Waals surface area contributed by atoms with Crippen molar-refractivity contribution in [2.75, 3.05) is 14.1 Å². The standard InChI is InChI=1S/C9H12F2N2/c1-13(2)9(12)6-3-4-7(10)8(11)5-6/h3-5,9H,12H2,1-2H3. The number of nitrogens with two attached hydrogens (primary N) is 1. The number of nitrogens with zero attached hydrogens (tertiary/aromatic N) is 1. The molecule has 1 rings (SSSR count). The Hall–Kier alpha value is -1.00. The molecule has 0 aliphatic rings. The summed E-state index contributed by atoms with van der Waals surface area (Å²) in [6.45, 7) is 0. The van der Waals surface area contributed by atoms with E-state index < -0.39 is 17.8 Å². The van der Waals surface area contributed by atoms with Gasteiger partial charge in [0.2, 0.25) is 0 Å². The quantitative estimate of drug-likeness (QED) is 0.709. The second kappa shape index (κ2) is 3.81. The number of hydrogen-bond donors (Lipinski definition) is 1. The zero-order valence-corrected chi connectivity index (χ0v) is 7.59. The SMILES string of the molecule is CN(C)C(N)c1ccc(F)c(F)c1. The first-order valence-electron chi connectivity index (χ1n) is 3.89. The Morgan fingerprint density at radius 2 is 1.85 bits per heavy atom. The fraction of sp³-hybridized carbons (Fsp3) is 0.333. The lowest BCUT2D eigenvalue weighted by Gasteiger charge is -2.19. The molecule has 1 unspecified atom stereocenters. The van der Waals surface area contributed by atoms with Crippen molar-refractivity contribution in [3.05, 3.63) is 35.4 Å². The Labute approximate surface area is 76.0 Å². The summed E-state index contributed by atoms with van der Waals surface area (Å²) in [5, 5.41) is 0. The van der Waals surface area contributed by atoms with Gasteiger partial charge in [0.05, 0.1) is 6.17 Å². The zero-order chi connectivity index (χ0) is 10.0. The molecule has 2 N–H and O–H groups in total. The normalized spacial score (nSPS) is 13.4. The van der Waals surface area contributed by atoms with Crippen molar-refractivity contribution in [2.45, 2.75) is 6.17 Å². The second-order valence-electron chi connectivity index (χ2n) is 3.08. The van der Waals surface area contributed by atoms with Crippen molar-refractivity contribution in [1.82, 2.24) is 4.90 Å². The third kappa shape index (κ3) is 2.23. The highest BCUT2D eigenvalue weighted by atomic mass is 19.2. The maximum absolute atomic E-state index is 12.8. The van der Waals surface area contributed by atoms with Crippen LogP contribution in [0, 0.1) is 11.6 Å². The number of hydrogen-bond acceptors (Lipinski definition) is 2. The molecule has 13 heavy (non-hydrogen) atoms. The summed E-state index contributed by atoms with van der Waals surface area (Å²) in [6.07, 6.45) is -0.407. The molecule has 2 nitrogen and oxygen atoms in total. The molecule has 0 saturated carbocycles. The van der Waals surface area contributed by atoms with Crippen LogP contribution >= 0.6 is 0 Å². The summed E-state index contributed by atoms with van der Waals surface area (Å²) in [6, 6.07) is 3.66. The van der Waals surface area contributed by atoms with Gasteiger partial charge in [-0.2, -0.15) is 0 Å². The van der Waals surface area contributed by atoms with Crippen LogP contribution in [0.25, 0.3) is 0 Å². The van der Waals surface area contributed by atoms with E-state index in [0.717, 1.165) is 12.1 Å². The summed E-state index contributed by atoms with van der Waals surface area (Å²) in [5.41, 5.74) is 6.25. The van der Waals surface area contributed by atoms with E-state index in [9.17, 15) is 8.78 Å². The highest BCUT2D eigenvalue weighted by Gasteiger charge is 2.10. The third-order valence-electron chi connectivity index (χ3n) is 1.84. The first-order valence-corrected chi connectivity index (χ1v) is 3.89. The van der Waals surface area contributed by atoms with Gasteiger partial charge in [-0.1, -0.05) is 6.07 Å². The Bertz CT molecular complexity index is 300. The molecule has 0 bridgehead atoms. The van der Waals surface area contributed by atoms with Crippen LogP contribution in [0.1, 0.15) is 11.7 Å². The van der Waals surface area contributed by atoms with Gasteiger partial charge in [0, 0.05) is 0 Å². The van der Waals surface area contributed by atoms with E-state index in [-0.39, 0.29) is 0 Å². The van der Waals surface area contributed by atoms with Gasteiger partial charge in [-0.15, -0.1) is 0 Å². The van der Waals surface area contributed by atoms with Crippen LogP contribution < -0.4 is 5.73 Å². The molecule has 0 fully saturated rings. The molecule has 1 atom stereocenters. The highest BCUT2D eigenvalue weighted by molar-refractivity contribution is 5.20. The fourth-order valence-corrected chi connectivity index (χ4v) is 0.994. The van der Waals surface area contributed by atoms with Gasteiger partial charge in [0.1, 0.15) is 0 Å². The van der Waals surface area contributed by atoms with E-state index in [0.29, 0.717) is 5.56 Å². The maximum Gasteiger partial charge on any atom is 0.159 e. The molecule has 0 heterocycles. The lowest BCUT2D eigenvalue weighted by molar-refractivity contribution is 0.306. The average molecular weight is 186 g/mol. The average Bonchev–Trinajstić information content (AvgIpc) is 2.08. The Morgan fingerprint density at radius 1 is 1.23 bits per heavy atom. The third-order valence-corrected chi connectivity index (χ3v) is 1.84. The molecule has 0 amide bonds. The van der Waals surface area contributed by atoms with Gasteiger partial charge < -0.3 is 5.73 Å². The molecule has 0 aliphatic carbocycles. The summed E-state index contributed by atoms with van der Waals surface area (Å²) in [5.74, 6) is -1.72. The van der Waals surface area contributed by atoms with Gasteiger partial charge in [0.15, 0.2) is 11.6 Å². The molecular weight excluding hydrogens is 174 g/mol. The smallest absolute Gasteiger partial charge is 0.159 e. The topological polar surface area (TPSA) is 29.3 Å². The monoisotopic (exact) mass is 186 g/mol. The predicted molar refractivity (Wildman–Crippen MR) is 47.0 cm³/mol. The minimum absolute atomic E-state index is 0.407. The highest BCUT2D eigenvalue weighted by Crippen LogP contribution is 2.15. The first-order chi connectivity index (χ1) is 6.02. The van der Waals surface area contributed by atoms with Crippen LogP contribution in [-0.2, 0) is 0 Å². The van der Waals surface area contributed by atoms with E-state index in [4.69, 9.17) is 5.73 Å². The van der Waals surface area contributed by atoms with Crippen molar-refractivity contribution in [2.24, 2.45) is 5.73 Å². The molecule has 0 spiro atoms. The first kappa shape index (κ1) is 10.1. The molecule has 0 aliphatic heterocycles. The number of benzene rings is 1. The summed E-state index contributed by atoms with van der Waals surface area (Å²) >= 11 is 0. The molecular formula is C9H12F2N2. The fourth-order valence-electron chi connectivity index (χ4n) is 0.994. The molecule has 0 radical (unpaired) electrons. The van der Waals surface area contributed by atoms with E-state index in [2.05, 4.69) is 0 Å². The summed E-state index contributed by atoms with van der Waals surface area (Å²) < 4.78 is 25.3. The summed E-state index contributed by atoms with van der Waals surface area (Å²) in [7, 11) is 3.54. The van der Waals surface area contributed by atoms with Gasteiger partial charge in [-0.25, -0.2) is 8.78 Å². The van der Waals surface area contributed by atoms with Crippen LogP contribution in [0.15, 0.2) is 18.2 Å². The van der Waals surface area contributed by atoms with Gasteiger partial charge in [-0.05, 0) is 31.8 Å². The molecule has 4 heteroatoms. The molecule has 0 aromatic heterocycles. The van der Waals surface area contributed by atoms with Gasteiger partial charge >= 0.3 is 0 Å². The van der Waals surface area contributed by atoms with Crippen LogP contribution in [0.3, 0.4) is 0 Å². The molecule has 0 saturated heterocycles. The van der Waals surface area contributed by atoms with Crippen molar-refractivity contribution in [3.8, 4) is 0 Å². The Morgan fingerprint density at radius 3 is 2.31 bits per heavy atom. The van der Waals surface area contributed by atoms with Gasteiger partial charge in [0.25, 0.3) is 0 Å². The van der Waals surface area contributed by atoms with Crippen LogP contribution in [-0.4, -0.2) is 19.0 Å².